The molecule has 3 N–H and O–H groups in total. The number of nitrogens with one attached hydrogen (secondary N) is 1. The lowest BCUT2D eigenvalue weighted by molar-refractivity contribution is 0.00905. The Morgan fingerprint density at radius 2 is 2.06 bits per heavy atom. The third-order valence-corrected chi connectivity index (χ3v) is 5.33. The zero-order valence-corrected chi connectivity index (χ0v) is 18.5. The Bertz CT molecular complexity index is 1040. The van der Waals surface area contributed by atoms with E-state index in [9.17, 15) is 9.18 Å². The molecular weight excluding hydrogens is 462 g/mol. The summed E-state index contributed by atoms with van der Waals surface area (Å²) in [6, 6.07) is 6.63. The van der Waals surface area contributed by atoms with Crippen molar-refractivity contribution >= 4 is 30.0 Å². The van der Waals surface area contributed by atoms with Gasteiger partial charge in [-0.1, -0.05) is 0 Å². The maximum Gasteiger partial charge on any atom is 0.283 e. The molecule has 12 heteroatoms. The quantitative estimate of drug-likeness (QED) is 0.578. The van der Waals surface area contributed by atoms with Crippen LogP contribution in [0.25, 0.3) is 0 Å². The molecule has 1 fully saturated rings. The minimum Gasteiger partial charge on any atom is -0.490 e. The van der Waals surface area contributed by atoms with Crippen molar-refractivity contribution in [2.24, 2.45) is 10.7 Å². The first-order valence-electron chi connectivity index (χ1n) is 9.81. The second kappa shape index (κ2) is 9.86. The predicted octanol–water partition coefficient (Wildman–Crippen LogP) is 2.20. The van der Waals surface area contributed by atoms with Crippen LogP contribution in [0.4, 0.5) is 14.5 Å². The summed E-state index contributed by atoms with van der Waals surface area (Å²) in [6.45, 7) is -0.178. The number of amidine groups is 1. The second-order valence-electron chi connectivity index (χ2n) is 7.43. The van der Waals surface area contributed by atoms with Crippen molar-refractivity contribution in [2.75, 3.05) is 45.5 Å². The van der Waals surface area contributed by atoms with E-state index in [4.69, 9.17) is 24.7 Å². The molecule has 2 unspecified atom stereocenters. The van der Waals surface area contributed by atoms with Gasteiger partial charge in [0.25, 0.3) is 11.9 Å². The van der Waals surface area contributed by atoms with Crippen molar-refractivity contribution in [1.29, 1.82) is 0 Å². The Balaban J connectivity index is 0.00000306. The Hall–Kier alpha value is -3.02. The number of aromatic nitrogens is 1. The van der Waals surface area contributed by atoms with Gasteiger partial charge >= 0.3 is 0 Å². The highest BCUT2D eigenvalue weighted by Crippen LogP contribution is 2.48. The van der Waals surface area contributed by atoms with Gasteiger partial charge in [0.2, 0.25) is 0 Å². The number of halogens is 3. The van der Waals surface area contributed by atoms with Crippen LogP contribution < -0.4 is 15.8 Å². The van der Waals surface area contributed by atoms with Gasteiger partial charge in [-0.15, -0.1) is 12.4 Å². The minimum atomic E-state index is -2.10. The molecule has 33 heavy (non-hydrogen) atoms. The molecule has 1 aromatic carbocycles. The number of hydrogen-bond donors (Lipinski definition) is 2. The van der Waals surface area contributed by atoms with Crippen LogP contribution in [-0.4, -0.2) is 62.7 Å². The lowest BCUT2D eigenvalue weighted by Gasteiger charge is -2.38. The lowest BCUT2D eigenvalue weighted by Crippen LogP contribution is -2.55. The van der Waals surface area contributed by atoms with Crippen LogP contribution in [0.1, 0.15) is 16.1 Å². The SMILES string of the molecule is COCCOc1ccc(C(=O)Nc2ccc(F)c(C34COCC3(F)COC(N)=N4)c2)nc1.Cl. The maximum absolute atomic E-state index is 15.6. The number of nitrogens with zero attached hydrogens (tertiary/aromatic N) is 2. The summed E-state index contributed by atoms with van der Waals surface area (Å²) in [5.74, 6) is -0.755. The number of rotatable bonds is 7. The fourth-order valence-electron chi connectivity index (χ4n) is 3.65. The normalized spacial score (nSPS) is 23.5. The first-order valence-corrected chi connectivity index (χ1v) is 9.81. The molecule has 1 amide bonds. The highest BCUT2D eigenvalue weighted by molar-refractivity contribution is 6.02. The van der Waals surface area contributed by atoms with E-state index in [2.05, 4.69) is 15.3 Å². The molecule has 1 aromatic heterocycles. The van der Waals surface area contributed by atoms with Gasteiger partial charge < -0.3 is 30.0 Å². The lowest BCUT2D eigenvalue weighted by atomic mass is 9.78. The molecule has 2 atom stereocenters. The summed E-state index contributed by atoms with van der Waals surface area (Å²) in [5.41, 5.74) is 2.11. The number of amides is 1. The summed E-state index contributed by atoms with van der Waals surface area (Å²) in [5, 5.41) is 2.63. The van der Waals surface area contributed by atoms with Gasteiger partial charge in [-0.05, 0) is 30.3 Å². The molecule has 3 heterocycles. The maximum atomic E-state index is 15.6. The van der Waals surface area contributed by atoms with Gasteiger partial charge in [0.1, 0.15) is 30.5 Å². The van der Waals surface area contributed by atoms with Crippen LogP contribution in [0, 0.1) is 5.82 Å². The van der Waals surface area contributed by atoms with Crippen LogP contribution in [0.2, 0.25) is 0 Å². The molecule has 0 spiro atoms. The Morgan fingerprint density at radius 1 is 1.24 bits per heavy atom. The van der Waals surface area contributed by atoms with E-state index in [0.29, 0.717) is 19.0 Å². The van der Waals surface area contributed by atoms with E-state index in [1.165, 1.54) is 24.4 Å². The number of methoxy groups -OCH3 is 1. The fourth-order valence-corrected chi connectivity index (χ4v) is 3.65. The van der Waals surface area contributed by atoms with E-state index in [0.717, 1.165) is 6.07 Å². The molecule has 178 valence electrons. The number of nitrogens with two attached hydrogens (primary N) is 1. The summed E-state index contributed by atoms with van der Waals surface area (Å²) in [7, 11) is 1.56. The Kier molecular flexibility index (Phi) is 7.35. The summed E-state index contributed by atoms with van der Waals surface area (Å²) < 4.78 is 51.0. The fraction of sp³-hybridized carbons (Fsp3) is 0.381. The van der Waals surface area contributed by atoms with Crippen molar-refractivity contribution in [1.82, 2.24) is 4.98 Å². The number of ether oxygens (including phenoxy) is 4. The highest BCUT2D eigenvalue weighted by Gasteiger charge is 2.62. The second-order valence-corrected chi connectivity index (χ2v) is 7.43. The van der Waals surface area contributed by atoms with Crippen LogP contribution in [0.15, 0.2) is 41.5 Å². The molecule has 2 aliphatic rings. The zero-order chi connectivity index (χ0) is 22.8. The van der Waals surface area contributed by atoms with Crippen molar-refractivity contribution in [3.05, 3.63) is 53.6 Å². The standard InChI is InChI=1S/C21H22F2N4O5.ClH/c1-29-6-7-31-14-3-5-17(25-9-14)18(28)26-13-2-4-16(22)15(8-13)21-12-30-10-20(21,23)11-32-19(24)27-21;/h2-5,8-9H,6-7,10-12H2,1H3,(H2,24,27)(H,26,28);1H. The molecule has 0 saturated carbocycles. The number of carbonyl (C=O) groups is 1. The number of aliphatic imine (C=N–C) groups is 1. The summed E-state index contributed by atoms with van der Waals surface area (Å²) >= 11 is 0. The summed E-state index contributed by atoms with van der Waals surface area (Å²) in [4.78, 5) is 20.8. The Labute approximate surface area is 194 Å². The van der Waals surface area contributed by atoms with Crippen molar-refractivity contribution in [3.8, 4) is 5.75 Å². The van der Waals surface area contributed by atoms with Crippen LogP contribution >= 0.6 is 12.4 Å². The van der Waals surface area contributed by atoms with Crippen LogP contribution in [0.5, 0.6) is 5.75 Å². The average Bonchev–Trinajstić information content (AvgIpc) is 3.13. The molecular formula is C21H23ClF2N4O5. The Morgan fingerprint density at radius 3 is 2.79 bits per heavy atom. The average molecular weight is 485 g/mol. The number of benzene rings is 1. The monoisotopic (exact) mass is 484 g/mol. The van der Waals surface area contributed by atoms with Crippen molar-refractivity contribution in [3.63, 3.8) is 0 Å². The van der Waals surface area contributed by atoms with E-state index < -0.39 is 29.5 Å². The van der Waals surface area contributed by atoms with Gasteiger partial charge in [-0.3, -0.25) is 4.79 Å². The zero-order valence-electron chi connectivity index (χ0n) is 17.7. The molecule has 2 aromatic rings. The van der Waals surface area contributed by atoms with E-state index in [1.807, 2.05) is 0 Å². The van der Waals surface area contributed by atoms with Crippen LogP contribution in [0.3, 0.4) is 0 Å². The number of fused-ring (bicyclic) bond motifs is 1. The first-order chi connectivity index (χ1) is 15.4. The number of alkyl halides is 1. The molecule has 0 aliphatic carbocycles. The third-order valence-electron chi connectivity index (χ3n) is 5.33. The smallest absolute Gasteiger partial charge is 0.283 e. The van der Waals surface area contributed by atoms with Crippen molar-refractivity contribution in [2.45, 2.75) is 11.2 Å². The molecule has 2 aliphatic heterocycles. The van der Waals surface area contributed by atoms with Crippen LogP contribution in [-0.2, 0) is 19.7 Å². The molecule has 1 saturated heterocycles. The highest BCUT2D eigenvalue weighted by atomic mass is 35.5. The molecule has 4 rings (SSSR count). The number of anilines is 1. The first kappa shape index (κ1) is 24.6. The number of hydrogen-bond acceptors (Lipinski definition) is 8. The van der Waals surface area contributed by atoms with E-state index >= 15 is 4.39 Å². The van der Waals surface area contributed by atoms with Crippen molar-refractivity contribution < 1.29 is 32.5 Å². The summed E-state index contributed by atoms with van der Waals surface area (Å²) in [6.07, 6.45) is 1.41. The molecule has 0 bridgehead atoms. The third kappa shape index (κ3) is 4.70. The topological polar surface area (TPSA) is 117 Å². The van der Waals surface area contributed by atoms with Gasteiger partial charge in [-0.2, -0.15) is 0 Å². The number of carbonyl (C=O) groups excluding carboxylic acids is 1. The predicted molar refractivity (Wildman–Crippen MR) is 117 cm³/mol. The molecule has 9 nitrogen and oxygen atoms in total. The minimum absolute atomic E-state index is 0. The van der Waals surface area contributed by atoms with E-state index in [1.54, 1.807) is 13.2 Å². The number of pyridine rings is 1. The van der Waals surface area contributed by atoms with E-state index in [-0.39, 0.29) is 48.6 Å². The van der Waals surface area contributed by atoms with Gasteiger partial charge in [-0.25, -0.2) is 18.8 Å². The largest absolute Gasteiger partial charge is 0.490 e. The molecule has 0 radical (unpaired) electrons. The van der Waals surface area contributed by atoms with Gasteiger partial charge in [0.15, 0.2) is 11.2 Å². The van der Waals surface area contributed by atoms with Gasteiger partial charge in [0.05, 0.1) is 26.0 Å². The van der Waals surface area contributed by atoms with Gasteiger partial charge in [0, 0.05) is 18.4 Å².